The van der Waals surface area contributed by atoms with Crippen molar-refractivity contribution in [3.63, 3.8) is 0 Å². The van der Waals surface area contributed by atoms with Crippen LogP contribution in [0.3, 0.4) is 0 Å². The van der Waals surface area contributed by atoms with Crippen molar-refractivity contribution in [3.05, 3.63) is 149 Å². The molecule has 0 aliphatic carbocycles. The standard InChI is InChI=1S/C37H31Cl2N3O5S/c1-4-46-27-14-12-25(13-15-27)34-33(35(43)41-26-8-6-5-7-9-26)22(2)40-37-42(34)36(44)32(48-37)20-23-11-17-30(31(19-23)45-3)47-21-24-10-16-28(38)29(39)18-24/h5-20,34H,4,21H2,1-3H3,(H,41,43)/b32-20-/t34-/m1/s1. The maximum absolute atomic E-state index is 14.2. The molecule has 11 heteroatoms. The maximum Gasteiger partial charge on any atom is 0.271 e. The second kappa shape index (κ2) is 14.5. The molecule has 1 amide bonds. The molecule has 0 fully saturated rings. The summed E-state index contributed by atoms with van der Waals surface area (Å²) in [4.78, 5) is 33.2. The fourth-order valence-electron chi connectivity index (χ4n) is 5.40. The summed E-state index contributed by atoms with van der Waals surface area (Å²) in [5, 5.41) is 3.90. The third kappa shape index (κ3) is 7.04. The molecular weight excluding hydrogens is 669 g/mol. The van der Waals surface area contributed by atoms with E-state index in [-0.39, 0.29) is 18.1 Å². The second-order valence-electron chi connectivity index (χ2n) is 10.9. The topological polar surface area (TPSA) is 91.2 Å². The Hall–Kier alpha value is -4.83. The first-order valence-electron chi connectivity index (χ1n) is 15.1. The van der Waals surface area contributed by atoms with E-state index in [9.17, 15) is 9.59 Å². The minimum Gasteiger partial charge on any atom is -0.494 e. The summed E-state index contributed by atoms with van der Waals surface area (Å²) in [5.41, 5.74) is 3.62. The third-order valence-corrected chi connectivity index (χ3v) is 9.39. The van der Waals surface area contributed by atoms with Crippen LogP contribution in [0, 0.1) is 0 Å². The van der Waals surface area contributed by atoms with Gasteiger partial charge in [0.25, 0.3) is 11.5 Å². The van der Waals surface area contributed by atoms with Crippen molar-refractivity contribution >= 4 is 52.2 Å². The number of anilines is 1. The molecule has 0 unspecified atom stereocenters. The predicted octanol–water partition coefficient (Wildman–Crippen LogP) is 7.17. The Labute approximate surface area is 291 Å². The number of carbonyl (C=O) groups is 1. The lowest BCUT2D eigenvalue weighted by molar-refractivity contribution is -0.113. The Bertz CT molecular complexity index is 2200. The molecule has 8 nitrogen and oxygen atoms in total. The average molecular weight is 701 g/mol. The van der Waals surface area contributed by atoms with Crippen LogP contribution >= 0.6 is 34.5 Å². The molecule has 0 bridgehead atoms. The molecule has 4 aromatic carbocycles. The van der Waals surface area contributed by atoms with Crippen LogP contribution in [0.5, 0.6) is 17.2 Å². The van der Waals surface area contributed by atoms with Gasteiger partial charge in [-0.05, 0) is 85.1 Å². The van der Waals surface area contributed by atoms with Crippen LogP contribution in [0.4, 0.5) is 5.69 Å². The number of ether oxygens (including phenoxy) is 3. The Balaban J connectivity index is 1.37. The Morgan fingerprint density at radius 3 is 2.44 bits per heavy atom. The van der Waals surface area contributed by atoms with Gasteiger partial charge < -0.3 is 19.5 Å². The smallest absolute Gasteiger partial charge is 0.271 e. The van der Waals surface area contributed by atoms with Crippen molar-refractivity contribution in [1.82, 2.24) is 4.57 Å². The Morgan fingerprint density at radius 1 is 0.958 bits per heavy atom. The highest BCUT2D eigenvalue weighted by Gasteiger charge is 2.32. The van der Waals surface area contributed by atoms with Crippen LogP contribution in [-0.4, -0.2) is 24.2 Å². The zero-order chi connectivity index (χ0) is 33.8. The zero-order valence-corrected chi connectivity index (χ0v) is 28.7. The lowest BCUT2D eigenvalue weighted by atomic mass is 9.95. The molecule has 1 aliphatic rings. The second-order valence-corrected chi connectivity index (χ2v) is 12.7. The largest absolute Gasteiger partial charge is 0.494 e. The molecule has 0 radical (unpaired) electrons. The lowest BCUT2D eigenvalue weighted by Gasteiger charge is -2.25. The number of para-hydroxylation sites is 1. The molecule has 0 saturated heterocycles. The molecule has 1 N–H and O–H groups in total. The maximum atomic E-state index is 14.2. The number of rotatable bonds is 10. The third-order valence-electron chi connectivity index (χ3n) is 7.67. The number of nitrogens with one attached hydrogen (secondary N) is 1. The van der Waals surface area contributed by atoms with Gasteiger partial charge in [-0.15, -0.1) is 0 Å². The number of nitrogens with zero attached hydrogens (tertiary/aromatic N) is 2. The Kier molecular flexibility index (Phi) is 10.0. The molecule has 0 saturated carbocycles. The molecule has 2 heterocycles. The number of carbonyl (C=O) groups excluding carboxylic acids is 1. The highest BCUT2D eigenvalue weighted by Crippen LogP contribution is 2.33. The Morgan fingerprint density at radius 2 is 1.73 bits per heavy atom. The molecule has 0 spiro atoms. The molecule has 6 rings (SSSR count). The predicted molar refractivity (Wildman–Crippen MR) is 190 cm³/mol. The average Bonchev–Trinajstić information content (AvgIpc) is 3.39. The number of aromatic nitrogens is 1. The number of fused-ring (bicyclic) bond motifs is 1. The molecule has 5 aromatic rings. The number of halogens is 2. The quantitative estimate of drug-likeness (QED) is 0.167. The highest BCUT2D eigenvalue weighted by atomic mass is 35.5. The number of allylic oxidation sites excluding steroid dienone is 1. The summed E-state index contributed by atoms with van der Waals surface area (Å²) in [7, 11) is 1.56. The molecule has 244 valence electrons. The summed E-state index contributed by atoms with van der Waals surface area (Å²) >= 11 is 13.4. The lowest BCUT2D eigenvalue weighted by Crippen LogP contribution is -2.40. The van der Waals surface area contributed by atoms with Crippen molar-refractivity contribution in [2.24, 2.45) is 4.99 Å². The van der Waals surface area contributed by atoms with Gasteiger partial charge in [0.1, 0.15) is 12.4 Å². The van der Waals surface area contributed by atoms with E-state index in [1.54, 1.807) is 48.9 Å². The fraction of sp³-hybridized carbons (Fsp3) is 0.162. The van der Waals surface area contributed by atoms with Crippen LogP contribution < -0.4 is 34.4 Å². The van der Waals surface area contributed by atoms with Gasteiger partial charge in [0.2, 0.25) is 0 Å². The molecule has 1 aliphatic heterocycles. The number of thiazole rings is 1. The molecular formula is C37H31Cl2N3O5S. The summed E-state index contributed by atoms with van der Waals surface area (Å²) in [5.74, 6) is 1.39. The number of amides is 1. The van der Waals surface area contributed by atoms with Crippen molar-refractivity contribution in [1.29, 1.82) is 0 Å². The van der Waals surface area contributed by atoms with Crippen LogP contribution in [0.25, 0.3) is 6.08 Å². The van der Waals surface area contributed by atoms with E-state index in [2.05, 4.69) is 5.32 Å². The monoisotopic (exact) mass is 699 g/mol. The molecule has 48 heavy (non-hydrogen) atoms. The molecule has 1 atom stereocenters. The van der Waals surface area contributed by atoms with E-state index in [1.807, 2.05) is 73.7 Å². The first-order valence-corrected chi connectivity index (χ1v) is 16.7. The van der Waals surface area contributed by atoms with Gasteiger partial charge >= 0.3 is 0 Å². The van der Waals surface area contributed by atoms with Crippen molar-refractivity contribution in [2.75, 3.05) is 19.0 Å². The van der Waals surface area contributed by atoms with Gasteiger partial charge in [0.05, 0.1) is 45.6 Å². The molecule has 1 aromatic heterocycles. The number of hydrogen-bond acceptors (Lipinski definition) is 7. The van der Waals surface area contributed by atoms with Gasteiger partial charge in [-0.2, -0.15) is 0 Å². The van der Waals surface area contributed by atoms with Crippen LogP contribution in [0.2, 0.25) is 10.0 Å². The fourth-order valence-corrected chi connectivity index (χ4v) is 6.76. The van der Waals surface area contributed by atoms with Gasteiger partial charge in [-0.3, -0.25) is 14.2 Å². The van der Waals surface area contributed by atoms with E-state index in [4.69, 9.17) is 42.4 Å². The first-order chi connectivity index (χ1) is 23.2. The first kappa shape index (κ1) is 33.1. The normalized spacial score (nSPS) is 14.3. The van der Waals surface area contributed by atoms with E-state index in [0.29, 0.717) is 60.2 Å². The van der Waals surface area contributed by atoms with Crippen molar-refractivity contribution < 1.29 is 19.0 Å². The summed E-state index contributed by atoms with van der Waals surface area (Å²) in [6.45, 7) is 4.49. The number of hydrogen-bond donors (Lipinski definition) is 1. The van der Waals surface area contributed by atoms with Gasteiger partial charge in [-0.1, -0.05) is 77.0 Å². The zero-order valence-electron chi connectivity index (χ0n) is 26.3. The van der Waals surface area contributed by atoms with E-state index < -0.39 is 6.04 Å². The van der Waals surface area contributed by atoms with Gasteiger partial charge in [0, 0.05) is 5.69 Å². The van der Waals surface area contributed by atoms with Crippen molar-refractivity contribution in [2.45, 2.75) is 26.5 Å². The van der Waals surface area contributed by atoms with E-state index in [0.717, 1.165) is 16.7 Å². The number of methoxy groups -OCH3 is 1. The van der Waals surface area contributed by atoms with Gasteiger partial charge in [-0.25, -0.2) is 4.99 Å². The van der Waals surface area contributed by atoms with Crippen LogP contribution in [0.15, 0.2) is 112 Å². The SMILES string of the molecule is CCOc1ccc([C@@H]2C(C(=O)Nc3ccccc3)=C(C)N=c3s/c(=C\c4ccc(OCc5ccc(Cl)c(Cl)c5)c(OC)c4)c(=O)n32)cc1. The summed E-state index contributed by atoms with van der Waals surface area (Å²) in [6.07, 6.45) is 1.79. The van der Waals surface area contributed by atoms with E-state index in [1.165, 1.54) is 11.3 Å². The minimum absolute atomic E-state index is 0.260. The van der Waals surface area contributed by atoms with Gasteiger partial charge in [0.15, 0.2) is 16.3 Å². The number of benzene rings is 4. The highest BCUT2D eigenvalue weighted by molar-refractivity contribution is 7.07. The van der Waals surface area contributed by atoms with Crippen LogP contribution in [-0.2, 0) is 11.4 Å². The summed E-state index contributed by atoms with van der Waals surface area (Å²) < 4.78 is 19.3. The van der Waals surface area contributed by atoms with Crippen molar-refractivity contribution in [3.8, 4) is 17.2 Å². The summed E-state index contributed by atoms with van der Waals surface area (Å²) in [6, 6.07) is 26.7. The minimum atomic E-state index is -0.713. The van der Waals surface area contributed by atoms with Crippen LogP contribution in [0.1, 0.15) is 36.6 Å². The van der Waals surface area contributed by atoms with E-state index >= 15 is 0 Å².